The summed E-state index contributed by atoms with van der Waals surface area (Å²) in [6.07, 6.45) is 3.73. The van der Waals surface area contributed by atoms with Gasteiger partial charge in [-0.25, -0.2) is 0 Å². The van der Waals surface area contributed by atoms with Crippen LogP contribution in [0.5, 0.6) is 5.75 Å². The monoisotopic (exact) mass is 217 g/mol. The van der Waals surface area contributed by atoms with Gasteiger partial charge in [-0.3, -0.25) is 4.68 Å². The zero-order valence-corrected chi connectivity index (χ0v) is 9.47. The summed E-state index contributed by atoms with van der Waals surface area (Å²) in [7, 11) is 1.88. The van der Waals surface area contributed by atoms with Crippen LogP contribution in [0.25, 0.3) is 0 Å². The van der Waals surface area contributed by atoms with Crippen LogP contribution in [0.4, 0.5) is 5.69 Å². The molecular formula is C12H15N3O. The number of nitrogens with two attached hydrogens (primary N) is 1. The van der Waals surface area contributed by atoms with Crippen molar-refractivity contribution in [3.63, 3.8) is 0 Å². The summed E-state index contributed by atoms with van der Waals surface area (Å²) in [5.41, 5.74) is 8.57. The highest BCUT2D eigenvalue weighted by Crippen LogP contribution is 2.23. The van der Waals surface area contributed by atoms with Gasteiger partial charge in [0.2, 0.25) is 0 Å². The minimum absolute atomic E-state index is 0.512. The van der Waals surface area contributed by atoms with Gasteiger partial charge in [0, 0.05) is 30.1 Å². The van der Waals surface area contributed by atoms with E-state index in [1.807, 2.05) is 38.4 Å². The number of hydrogen-bond acceptors (Lipinski definition) is 3. The molecule has 0 saturated heterocycles. The molecule has 1 aromatic heterocycles. The fraction of sp³-hybridized carbons (Fsp3) is 0.250. The van der Waals surface area contributed by atoms with Gasteiger partial charge in [-0.1, -0.05) is 6.07 Å². The molecule has 2 N–H and O–H groups in total. The number of rotatable bonds is 3. The van der Waals surface area contributed by atoms with Gasteiger partial charge < -0.3 is 10.5 Å². The van der Waals surface area contributed by atoms with E-state index in [4.69, 9.17) is 10.5 Å². The summed E-state index contributed by atoms with van der Waals surface area (Å²) in [6.45, 7) is 2.46. The van der Waals surface area contributed by atoms with E-state index in [-0.39, 0.29) is 0 Å². The quantitative estimate of drug-likeness (QED) is 0.799. The van der Waals surface area contributed by atoms with Gasteiger partial charge in [-0.15, -0.1) is 0 Å². The number of ether oxygens (including phenoxy) is 1. The molecule has 1 aromatic carbocycles. The van der Waals surface area contributed by atoms with Crippen LogP contribution in [-0.4, -0.2) is 9.78 Å². The second-order valence-corrected chi connectivity index (χ2v) is 3.78. The molecule has 0 bridgehead atoms. The molecule has 2 aromatic rings. The molecule has 0 amide bonds. The van der Waals surface area contributed by atoms with Crippen LogP contribution in [-0.2, 0) is 13.7 Å². The first-order valence-electron chi connectivity index (χ1n) is 5.12. The van der Waals surface area contributed by atoms with Crippen molar-refractivity contribution >= 4 is 5.69 Å². The van der Waals surface area contributed by atoms with Crippen molar-refractivity contribution in [2.45, 2.75) is 13.5 Å². The SMILES string of the molecule is Cc1c(N)cccc1OCc1cnn(C)c1. The number of aromatic nitrogens is 2. The molecule has 0 radical (unpaired) electrons. The fourth-order valence-corrected chi connectivity index (χ4v) is 1.50. The lowest BCUT2D eigenvalue weighted by Crippen LogP contribution is -1.98. The number of nitrogen functional groups attached to an aromatic ring is 1. The fourth-order valence-electron chi connectivity index (χ4n) is 1.50. The van der Waals surface area contributed by atoms with Gasteiger partial charge in [0.25, 0.3) is 0 Å². The molecule has 0 aliphatic rings. The summed E-state index contributed by atoms with van der Waals surface area (Å²) in [4.78, 5) is 0. The summed E-state index contributed by atoms with van der Waals surface area (Å²) < 4.78 is 7.44. The molecule has 0 aliphatic carbocycles. The van der Waals surface area contributed by atoms with E-state index < -0.39 is 0 Å². The molecule has 0 aliphatic heterocycles. The predicted molar refractivity (Wildman–Crippen MR) is 63.1 cm³/mol. The van der Waals surface area contributed by atoms with Gasteiger partial charge in [0.05, 0.1) is 6.20 Å². The van der Waals surface area contributed by atoms with E-state index in [1.165, 1.54) is 0 Å². The van der Waals surface area contributed by atoms with E-state index >= 15 is 0 Å². The van der Waals surface area contributed by atoms with Crippen molar-refractivity contribution in [3.05, 3.63) is 41.7 Å². The zero-order valence-electron chi connectivity index (χ0n) is 9.47. The Kier molecular flexibility index (Phi) is 2.81. The van der Waals surface area contributed by atoms with Crippen LogP contribution < -0.4 is 10.5 Å². The maximum Gasteiger partial charge on any atom is 0.124 e. The zero-order chi connectivity index (χ0) is 11.5. The maximum absolute atomic E-state index is 5.80. The molecule has 4 nitrogen and oxygen atoms in total. The van der Waals surface area contributed by atoms with E-state index in [1.54, 1.807) is 10.9 Å². The summed E-state index contributed by atoms with van der Waals surface area (Å²) in [6, 6.07) is 5.68. The lowest BCUT2D eigenvalue weighted by molar-refractivity contribution is 0.304. The second-order valence-electron chi connectivity index (χ2n) is 3.78. The first-order valence-corrected chi connectivity index (χ1v) is 5.12. The van der Waals surface area contributed by atoms with Gasteiger partial charge in [-0.05, 0) is 19.1 Å². The minimum Gasteiger partial charge on any atom is -0.488 e. The highest BCUT2D eigenvalue weighted by Gasteiger charge is 2.03. The van der Waals surface area contributed by atoms with Crippen molar-refractivity contribution in [2.75, 3.05) is 5.73 Å². The number of nitrogens with zero attached hydrogens (tertiary/aromatic N) is 2. The topological polar surface area (TPSA) is 53.1 Å². The molecular weight excluding hydrogens is 202 g/mol. The van der Waals surface area contributed by atoms with Crippen molar-refractivity contribution in [1.29, 1.82) is 0 Å². The van der Waals surface area contributed by atoms with E-state index in [0.29, 0.717) is 6.61 Å². The smallest absolute Gasteiger partial charge is 0.124 e. The Morgan fingerprint density at radius 1 is 1.44 bits per heavy atom. The third-order valence-electron chi connectivity index (χ3n) is 2.48. The maximum atomic E-state index is 5.80. The molecule has 0 spiro atoms. The van der Waals surface area contributed by atoms with Crippen molar-refractivity contribution in [1.82, 2.24) is 9.78 Å². The summed E-state index contributed by atoms with van der Waals surface area (Å²) in [5.74, 6) is 0.823. The van der Waals surface area contributed by atoms with Crippen LogP contribution in [0.15, 0.2) is 30.6 Å². The number of benzene rings is 1. The van der Waals surface area contributed by atoms with Crippen LogP contribution in [0.3, 0.4) is 0 Å². The molecule has 1 heterocycles. The Bertz CT molecular complexity index is 491. The lowest BCUT2D eigenvalue weighted by atomic mass is 10.2. The molecule has 0 unspecified atom stereocenters. The third-order valence-corrected chi connectivity index (χ3v) is 2.48. The lowest BCUT2D eigenvalue weighted by Gasteiger charge is -2.09. The highest BCUT2D eigenvalue weighted by atomic mass is 16.5. The van der Waals surface area contributed by atoms with Crippen LogP contribution in [0, 0.1) is 6.92 Å². The van der Waals surface area contributed by atoms with Gasteiger partial charge in [-0.2, -0.15) is 5.10 Å². The Labute approximate surface area is 94.6 Å². The molecule has 16 heavy (non-hydrogen) atoms. The first kappa shape index (κ1) is 10.5. The average molecular weight is 217 g/mol. The predicted octanol–water partition coefficient (Wildman–Crippen LogP) is 1.89. The Morgan fingerprint density at radius 2 is 2.25 bits per heavy atom. The Hall–Kier alpha value is -1.97. The number of hydrogen-bond donors (Lipinski definition) is 1. The molecule has 0 fully saturated rings. The van der Waals surface area contributed by atoms with Crippen molar-refractivity contribution < 1.29 is 4.74 Å². The third kappa shape index (κ3) is 2.16. The Balaban J connectivity index is 2.07. The second kappa shape index (κ2) is 4.26. The number of anilines is 1. The average Bonchev–Trinajstić information content (AvgIpc) is 2.67. The Morgan fingerprint density at radius 3 is 2.94 bits per heavy atom. The van der Waals surface area contributed by atoms with Gasteiger partial charge in [0.15, 0.2) is 0 Å². The van der Waals surface area contributed by atoms with Gasteiger partial charge in [0.1, 0.15) is 12.4 Å². The highest BCUT2D eigenvalue weighted by molar-refractivity contribution is 5.53. The van der Waals surface area contributed by atoms with E-state index in [0.717, 1.165) is 22.6 Å². The van der Waals surface area contributed by atoms with Crippen LogP contribution >= 0.6 is 0 Å². The standard InChI is InChI=1S/C12H15N3O/c1-9-11(13)4-3-5-12(9)16-8-10-6-14-15(2)7-10/h3-7H,8,13H2,1-2H3. The molecule has 2 rings (SSSR count). The molecule has 0 atom stereocenters. The van der Waals surface area contributed by atoms with Crippen LogP contribution in [0.1, 0.15) is 11.1 Å². The van der Waals surface area contributed by atoms with Crippen LogP contribution in [0.2, 0.25) is 0 Å². The number of aryl methyl sites for hydroxylation is 1. The van der Waals surface area contributed by atoms with E-state index in [2.05, 4.69) is 5.10 Å². The first-order chi connectivity index (χ1) is 7.66. The molecule has 0 saturated carbocycles. The largest absolute Gasteiger partial charge is 0.488 e. The minimum atomic E-state index is 0.512. The van der Waals surface area contributed by atoms with Crippen molar-refractivity contribution in [3.8, 4) is 5.75 Å². The normalized spacial score (nSPS) is 10.4. The molecule has 84 valence electrons. The van der Waals surface area contributed by atoms with E-state index in [9.17, 15) is 0 Å². The van der Waals surface area contributed by atoms with Gasteiger partial charge >= 0.3 is 0 Å². The van der Waals surface area contributed by atoms with Crippen molar-refractivity contribution in [2.24, 2.45) is 7.05 Å². The molecule has 4 heteroatoms. The summed E-state index contributed by atoms with van der Waals surface area (Å²) >= 11 is 0. The summed E-state index contributed by atoms with van der Waals surface area (Å²) in [5, 5.41) is 4.08.